The van der Waals surface area contributed by atoms with Gasteiger partial charge in [0.05, 0.1) is 12.2 Å². The van der Waals surface area contributed by atoms with E-state index in [0.717, 1.165) is 17.7 Å². The summed E-state index contributed by atoms with van der Waals surface area (Å²) in [7, 11) is 0. The first-order valence-corrected chi connectivity index (χ1v) is 8.50. The third-order valence-corrected chi connectivity index (χ3v) is 3.66. The summed E-state index contributed by atoms with van der Waals surface area (Å²) >= 11 is 0. The van der Waals surface area contributed by atoms with E-state index in [0.29, 0.717) is 18.1 Å². The van der Waals surface area contributed by atoms with E-state index in [4.69, 9.17) is 13.9 Å². The summed E-state index contributed by atoms with van der Waals surface area (Å²) in [5.74, 6) is 0.904. The first kappa shape index (κ1) is 17.7. The van der Waals surface area contributed by atoms with Crippen LogP contribution in [0.2, 0.25) is 0 Å². The highest BCUT2D eigenvalue weighted by Gasteiger charge is 2.20. The number of hydrogen-bond donors (Lipinski definition) is 0. The average molecular weight is 352 g/mol. The maximum Gasteiger partial charge on any atom is 0.338 e. The largest absolute Gasteiger partial charge is 0.494 e. The van der Waals surface area contributed by atoms with E-state index >= 15 is 0 Å². The fraction of sp³-hybridized carbons (Fsp3) is 0.250. The Kier molecular flexibility index (Phi) is 5.63. The van der Waals surface area contributed by atoms with Crippen molar-refractivity contribution in [3.63, 3.8) is 0 Å². The van der Waals surface area contributed by atoms with Gasteiger partial charge in [0.2, 0.25) is 5.89 Å². The molecule has 0 amide bonds. The number of rotatable bonds is 7. The van der Waals surface area contributed by atoms with E-state index in [9.17, 15) is 4.79 Å². The molecule has 6 heteroatoms. The van der Waals surface area contributed by atoms with Gasteiger partial charge in [-0.1, -0.05) is 25.1 Å². The summed E-state index contributed by atoms with van der Waals surface area (Å²) in [4.78, 5) is 12.3. The minimum atomic E-state index is -0.650. The van der Waals surface area contributed by atoms with Gasteiger partial charge in [0.15, 0.2) is 6.10 Å². The molecule has 3 aromatic rings. The minimum absolute atomic E-state index is 0.250. The van der Waals surface area contributed by atoms with Crippen LogP contribution in [0.15, 0.2) is 59.0 Å². The van der Waals surface area contributed by atoms with Gasteiger partial charge in [0, 0.05) is 5.56 Å². The van der Waals surface area contributed by atoms with Gasteiger partial charge in [-0.3, -0.25) is 0 Å². The highest BCUT2D eigenvalue weighted by molar-refractivity contribution is 5.89. The number of aromatic nitrogens is 2. The lowest BCUT2D eigenvalue weighted by Gasteiger charge is -2.10. The molecule has 0 bridgehead atoms. The summed E-state index contributed by atoms with van der Waals surface area (Å²) in [5, 5.41) is 7.98. The Bertz CT molecular complexity index is 844. The van der Waals surface area contributed by atoms with Gasteiger partial charge >= 0.3 is 5.97 Å². The Morgan fingerprint density at radius 1 is 1.08 bits per heavy atom. The average Bonchev–Trinajstić information content (AvgIpc) is 3.18. The molecule has 1 aromatic heterocycles. The van der Waals surface area contributed by atoms with Gasteiger partial charge in [-0.25, -0.2) is 4.79 Å². The Labute approximate surface area is 151 Å². The molecule has 0 unspecified atom stereocenters. The molecule has 134 valence electrons. The second-order valence-electron chi connectivity index (χ2n) is 5.73. The summed E-state index contributed by atoms with van der Waals surface area (Å²) in [6, 6.07) is 16.3. The molecule has 1 heterocycles. The highest BCUT2D eigenvalue weighted by Crippen LogP contribution is 2.23. The number of carbonyl (C=O) groups excluding carboxylic acids is 1. The molecule has 0 fully saturated rings. The summed E-state index contributed by atoms with van der Waals surface area (Å²) < 4.78 is 16.5. The highest BCUT2D eigenvalue weighted by atomic mass is 16.6. The lowest BCUT2D eigenvalue weighted by atomic mass is 10.2. The Morgan fingerprint density at radius 3 is 2.50 bits per heavy atom. The van der Waals surface area contributed by atoms with Crippen LogP contribution in [0.1, 0.15) is 42.6 Å². The van der Waals surface area contributed by atoms with Gasteiger partial charge < -0.3 is 13.9 Å². The van der Waals surface area contributed by atoms with Gasteiger partial charge in [-0.05, 0) is 49.7 Å². The normalized spacial score (nSPS) is 11.8. The molecule has 0 N–H and O–H groups in total. The van der Waals surface area contributed by atoms with E-state index < -0.39 is 12.1 Å². The van der Waals surface area contributed by atoms with E-state index in [-0.39, 0.29) is 5.89 Å². The lowest BCUT2D eigenvalue weighted by Crippen LogP contribution is -2.09. The number of benzene rings is 2. The van der Waals surface area contributed by atoms with Crippen molar-refractivity contribution in [2.45, 2.75) is 26.4 Å². The van der Waals surface area contributed by atoms with Crippen LogP contribution in [0.5, 0.6) is 5.75 Å². The van der Waals surface area contributed by atoms with Gasteiger partial charge in [0.25, 0.3) is 5.89 Å². The summed E-state index contributed by atoms with van der Waals surface area (Å²) in [5.41, 5.74) is 1.25. The van der Waals surface area contributed by atoms with E-state index in [2.05, 4.69) is 10.2 Å². The summed E-state index contributed by atoms with van der Waals surface area (Å²) in [6.07, 6.45) is 0.277. The van der Waals surface area contributed by atoms with Gasteiger partial charge in [-0.2, -0.15) is 0 Å². The first-order chi connectivity index (χ1) is 12.7. The van der Waals surface area contributed by atoms with Crippen LogP contribution < -0.4 is 4.74 Å². The zero-order chi connectivity index (χ0) is 18.4. The van der Waals surface area contributed by atoms with Gasteiger partial charge in [0.1, 0.15) is 5.75 Å². The lowest BCUT2D eigenvalue weighted by molar-refractivity contribution is 0.0280. The first-order valence-electron chi connectivity index (χ1n) is 8.50. The number of carbonyl (C=O) groups is 1. The molecule has 0 saturated carbocycles. The second kappa shape index (κ2) is 8.29. The molecular weight excluding hydrogens is 332 g/mol. The molecule has 26 heavy (non-hydrogen) atoms. The number of esters is 1. The number of ether oxygens (including phenoxy) is 2. The number of nitrogens with zero attached hydrogens (tertiary/aromatic N) is 2. The Hall–Kier alpha value is -3.15. The van der Waals surface area contributed by atoms with E-state index in [1.165, 1.54) is 0 Å². The van der Waals surface area contributed by atoms with Crippen molar-refractivity contribution in [2.75, 3.05) is 6.61 Å². The van der Waals surface area contributed by atoms with E-state index in [1.54, 1.807) is 31.2 Å². The molecule has 0 spiro atoms. The topological polar surface area (TPSA) is 74.5 Å². The van der Waals surface area contributed by atoms with Crippen LogP contribution >= 0.6 is 0 Å². The molecule has 0 aliphatic heterocycles. The molecule has 2 aromatic carbocycles. The standard InChI is InChI=1S/C20H20N2O4/c1-3-13-24-17-11-9-16(10-12-17)20(23)25-14(2)18-21-22-19(26-18)15-7-5-4-6-8-15/h4-12,14H,3,13H2,1-2H3/t14-/m0/s1. The Balaban J connectivity index is 1.63. The SMILES string of the molecule is CCCOc1ccc(C(=O)O[C@@H](C)c2nnc(-c3ccccc3)o2)cc1. The van der Waals surface area contributed by atoms with Gasteiger partial charge in [-0.15, -0.1) is 10.2 Å². The zero-order valence-corrected chi connectivity index (χ0v) is 14.7. The van der Waals surface area contributed by atoms with Crippen molar-refractivity contribution in [3.8, 4) is 17.2 Å². The molecule has 0 radical (unpaired) electrons. The molecule has 1 atom stereocenters. The molecule has 3 rings (SSSR count). The Morgan fingerprint density at radius 2 is 1.81 bits per heavy atom. The zero-order valence-electron chi connectivity index (χ0n) is 14.7. The van der Waals surface area contributed by atoms with Crippen LogP contribution in [-0.4, -0.2) is 22.8 Å². The molecule has 0 aliphatic carbocycles. The minimum Gasteiger partial charge on any atom is -0.494 e. The number of hydrogen-bond acceptors (Lipinski definition) is 6. The quantitative estimate of drug-likeness (QED) is 0.585. The fourth-order valence-electron chi connectivity index (χ4n) is 2.28. The third-order valence-electron chi connectivity index (χ3n) is 3.66. The van der Waals surface area contributed by atoms with Crippen LogP contribution in [0, 0.1) is 0 Å². The molecule has 6 nitrogen and oxygen atoms in total. The molecular formula is C20H20N2O4. The smallest absolute Gasteiger partial charge is 0.338 e. The van der Waals surface area contributed by atoms with Crippen molar-refractivity contribution >= 4 is 5.97 Å². The molecule has 0 aliphatic rings. The van der Waals surface area contributed by atoms with Crippen LogP contribution in [0.4, 0.5) is 0 Å². The predicted octanol–water partition coefficient (Wildman–Crippen LogP) is 4.44. The van der Waals surface area contributed by atoms with Crippen molar-refractivity contribution in [3.05, 3.63) is 66.1 Å². The third kappa shape index (κ3) is 4.27. The van der Waals surface area contributed by atoms with Crippen molar-refractivity contribution in [1.29, 1.82) is 0 Å². The fourth-order valence-corrected chi connectivity index (χ4v) is 2.28. The summed E-state index contributed by atoms with van der Waals surface area (Å²) in [6.45, 7) is 4.37. The van der Waals surface area contributed by atoms with Crippen molar-refractivity contribution < 1.29 is 18.7 Å². The van der Waals surface area contributed by atoms with Crippen molar-refractivity contribution in [2.24, 2.45) is 0 Å². The van der Waals surface area contributed by atoms with E-state index in [1.807, 2.05) is 37.3 Å². The van der Waals surface area contributed by atoms with Crippen LogP contribution in [0.25, 0.3) is 11.5 Å². The van der Waals surface area contributed by atoms with Crippen LogP contribution in [0.3, 0.4) is 0 Å². The van der Waals surface area contributed by atoms with Crippen LogP contribution in [-0.2, 0) is 4.74 Å². The monoisotopic (exact) mass is 352 g/mol. The molecule has 0 saturated heterocycles. The maximum atomic E-state index is 12.3. The predicted molar refractivity (Wildman–Crippen MR) is 95.8 cm³/mol. The second-order valence-corrected chi connectivity index (χ2v) is 5.73. The maximum absolute atomic E-state index is 12.3. The van der Waals surface area contributed by atoms with Crippen molar-refractivity contribution in [1.82, 2.24) is 10.2 Å².